The fourth-order valence-corrected chi connectivity index (χ4v) is 1.13. The summed E-state index contributed by atoms with van der Waals surface area (Å²) in [6.45, 7) is 0. The van der Waals surface area contributed by atoms with Gasteiger partial charge in [-0.1, -0.05) is 0 Å². The lowest BCUT2D eigenvalue weighted by atomic mass is 10.2. The van der Waals surface area contributed by atoms with Gasteiger partial charge in [0, 0.05) is 25.0 Å². The molecule has 4 nitrogen and oxygen atoms in total. The Bertz CT molecular complexity index is 384. The molecule has 0 aliphatic carbocycles. The summed E-state index contributed by atoms with van der Waals surface area (Å²) >= 11 is 0. The molecule has 0 fully saturated rings. The molecule has 1 N–H and O–H groups in total. The molecule has 0 amide bonds. The number of aromatic nitrogens is 2. The van der Waals surface area contributed by atoms with Crippen LogP contribution < -0.4 is 5.32 Å². The summed E-state index contributed by atoms with van der Waals surface area (Å²) in [5.74, 6) is 0.754. The van der Waals surface area contributed by atoms with Crippen LogP contribution in [0.2, 0.25) is 0 Å². The van der Waals surface area contributed by atoms with Crippen molar-refractivity contribution in [3.05, 3.63) is 31.0 Å². The standard InChI is InChI=1S/C9H9N3O/c1-10-9-8(11-3-4-12-9)7-2-5-13-6-7/h2-6H,1H3,(H,10,12). The van der Waals surface area contributed by atoms with Crippen LogP contribution in [0.5, 0.6) is 0 Å². The zero-order valence-electron chi connectivity index (χ0n) is 7.19. The second-order valence-electron chi connectivity index (χ2n) is 2.52. The second-order valence-corrected chi connectivity index (χ2v) is 2.52. The highest BCUT2D eigenvalue weighted by molar-refractivity contribution is 5.69. The molecule has 2 heterocycles. The summed E-state index contributed by atoms with van der Waals surface area (Å²) < 4.78 is 4.97. The van der Waals surface area contributed by atoms with Crippen molar-refractivity contribution < 1.29 is 4.42 Å². The maximum Gasteiger partial charge on any atom is 0.152 e. The van der Waals surface area contributed by atoms with E-state index in [0.717, 1.165) is 17.1 Å². The van der Waals surface area contributed by atoms with Crippen LogP contribution in [0.4, 0.5) is 5.82 Å². The van der Waals surface area contributed by atoms with Crippen LogP contribution in [-0.4, -0.2) is 17.0 Å². The number of hydrogen-bond donors (Lipinski definition) is 1. The number of anilines is 1. The molecule has 0 unspecified atom stereocenters. The molecule has 2 aromatic rings. The highest BCUT2D eigenvalue weighted by atomic mass is 16.3. The molecule has 13 heavy (non-hydrogen) atoms. The van der Waals surface area contributed by atoms with Gasteiger partial charge < -0.3 is 9.73 Å². The largest absolute Gasteiger partial charge is 0.472 e. The van der Waals surface area contributed by atoms with Gasteiger partial charge in [-0.15, -0.1) is 0 Å². The number of nitrogens with one attached hydrogen (secondary N) is 1. The minimum Gasteiger partial charge on any atom is -0.472 e. The molecule has 0 aliphatic rings. The van der Waals surface area contributed by atoms with Crippen LogP contribution in [0.3, 0.4) is 0 Å². The minimum absolute atomic E-state index is 0.754. The van der Waals surface area contributed by atoms with Crippen molar-refractivity contribution in [1.29, 1.82) is 0 Å². The third kappa shape index (κ3) is 1.38. The average molecular weight is 175 g/mol. The summed E-state index contributed by atoms with van der Waals surface area (Å²) in [5.41, 5.74) is 1.73. The van der Waals surface area contributed by atoms with Crippen molar-refractivity contribution in [1.82, 2.24) is 9.97 Å². The fourth-order valence-electron chi connectivity index (χ4n) is 1.13. The molecule has 0 aromatic carbocycles. The molecule has 0 aliphatic heterocycles. The van der Waals surface area contributed by atoms with E-state index in [1.165, 1.54) is 0 Å². The van der Waals surface area contributed by atoms with Gasteiger partial charge in [0.25, 0.3) is 0 Å². The lowest BCUT2D eigenvalue weighted by molar-refractivity contribution is 0.568. The SMILES string of the molecule is CNc1nccnc1-c1ccoc1. The van der Waals surface area contributed by atoms with Gasteiger partial charge in [-0.3, -0.25) is 4.98 Å². The fraction of sp³-hybridized carbons (Fsp3) is 0.111. The highest BCUT2D eigenvalue weighted by Gasteiger charge is 2.06. The van der Waals surface area contributed by atoms with Gasteiger partial charge >= 0.3 is 0 Å². The molecule has 0 atom stereocenters. The van der Waals surface area contributed by atoms with E-state index >= 15 is 0 Å². The van der Waals surface area contributed by atoms with E-state index in [0.29, 0.717) is 0 Å². The van der Waals surface area contributed by atoms with Crippen LogP contribution >= 0.6 is 0 Å². The van der Waals surface area contributed by atoms with Crippen molar-refractivity contribution in [3.8, 4) is 11.3 Å². The first-order valence-corrected chi connectivity index (χ1v) is 3.93. The molecule has 0 saturated carbocycles. The molecule has 0 bridgehead atoms. The average Bonchev–Trinajstić information content (AvgIpc) is 2.70. The summed E-state index contributed by atoms with van der Waals surface area (Å²) in [7, 11) is 1.81. The molecule has 2 rings (SSSR count). The monoisotopic (exact) mass is 175 g/mol. The molecule has 0 spiro atoms. The normalized spacial score (nSPS) is 9.92. The van der Waals surface area contributed by atoms with E-state index < -0.39 is 0 Å². The lowest BCUT2D eigenvalue weighted by Gasteiger charge is -2.02. The predicted molar refractivity (Wildman–Crippen MR) is 49.3 cm³/mol. The van der Waals surface area contributed by atoms with E-state index in [-0.39, 0.29) is 0 Å². The van der Waals surface area contributed by atoms with Gasteiger partial charge in [0.1, 0.15) is 5.69 Å². The molecule has 0 radical (unpaired) electrons. The van der Waals surface area contributed by atoms with Crippen molar-refractivity contribution in [3.63, 3.8) is 0 Å². The van der Waals surface area contributed by atoms with E-state index in [4.69, 9.17) is 4.42 Å². The van der Waals surface area contributed by atoms with Crippen LogP contribution in [-0.2, 0) is 0 Å². The summed E-state index contributed by atoms with van der Waals surface area (Å²) in [4.78, 5) is 8.34. The minimum atomic E-state index is 0.754. The zero-order valence-corrected chi connectivity index (χ0v) is 7.19. The predicted octanol–water partition coefficient (Wildman–Crippen LogP) is 1.78. The Hall–Kier alpha value is -1.84. The first-order valence-electron chi connectivity index (χ1n) is 3.93. The zero-order chi connectivity index (χ0) is 9.10. The Kier molecular flexibility index (Phi) is 1.96. The Labute approximate surface area is 75.6 Å². The van der Waals surface area contributed by atoms with Crippen molar-refractivity contribution >= 4 is 5.82 Å². The molecular formula is C9H9N3O. The van der Waals surface area contributed by atoms with Crippen LogP contribution in [0.15, 0.2) is 35.4 Å². The Balaban J connectivity index is 2.51. The number of furan rings is 1. The summed E-state index contributed by atoms with van der Waals surface area (Å²) in [6, 6.07) is 1.85. The van der Waals surface area contributed by atoms with Gasteiger partial charge in [-0.2, -0.15) is 0 Å². The second kappa shape index (κ2) is 3.26. The number of rotatable bonds is 2. The van der Waals surface area contributed by atoms with Crippen LogP contribution in [0.25, 0.3) is 11.3 Å². The van der Waals surface area contributed by atoms with E-state index in [1.54, 1.807) is 24.9 Å². The van der Waals surface area contributed by atoms with Crippen molar-refractivity contribution in [2.24, 2.45) is 0 Å². The molecular weight excluding hydrogens is 166 g/mol. The Morgan fingerprint density at radius 2 is 2.15 bits per heavy atom. The first kappa shape index (κ1) is 7.79. The molecule has 2 aromatic heterocycles. The highest BCUT2D eigenvalue weighted by Crippen LogP contribution is 2.22. The third-order valence-corrected chi connectivity index (χ3v) is 1.73. The Morgan fingerprint density at radius 3 is 2.85 bits per heavy atom. The molecule has 4 heteroatoms. The smallest absolute Gasteiger partial charge is 0.152 e. The maximum atomic E-state index is 4.97. The van der Waals surface area contributed by atoms with Gasteiger partial charge in [0.15, 0.2) is 5.82 Å². The van der Waals surface area contributed by atoms with E-state index in [1.807, 2.05) is 13.1 Å². The summed E-state index contributed by atoms with van der Waals surface area (Å²) in [5, 5.41) is 2.97. The van der Waals surface area contributed by atoms with Crippen molar-refractivity contribution in [2.45, 2.75) is 0 Å². The molecule has 0 saturated heterocycles. The van der Waals surface area contributed by atoms with Crippen LogP contribution in [0, 0.1) is 0 Å². The topological polar surface area (TPSA) is 51.0 Å². The van der Waals surface area contributed by atoms with Gasteiger partial charge in [0.05, 0.1) is 12.5 Å². The van der Waals surface area contributed by atoms with Crippen LogP contribution in [0.1, 0.15) is 0 Å². The lowest BCUT2D eigenvalue weighted by Crippen LogP contribution is -1.96. The Morgan fingerprint density at radius 1 is 1.31 bits per heavy atom. The number of hydrogen-bond acceptors (Lipinski definition) is 4. The van der Waals surface area contributed by atoms with Gasteiger partial charge in [-0.25, -0.2) is 4.98 Å². The van der Waals surface area contributed by atoms with Crippen molar-refractivity contribution in [2.75, 3.05) is 12.4 Å². The summed E-state index contributed by atoms with van der Waals surface area (Å²) in [6.07, 6.45) is 6.56. The third-order valence-electron chi connectivity index (χ3n) is 1.73. The quantitative estimate of drug-likeness (QED) is 0.755. The van der Waals surface area contributed by atoms with E-state index in [2.05, 4.69) is 15.3 Å². The van der Waals surface area contributed by atoms with E-state index in [9.17, 15) is 0 Å². The number of nitrogens with zero attached hydrogens (tertiary/aromatic N) is 2. The molecule has 66 valence electrons. The van der Waals surface area contributed by atoms with Gasteiger partial charge in [-0.05, 0) is 6.07 Å². The first-order chi connectivity index (χ1) is 6.42. The maximum absolute atomic E-state index is 4.97. The van der Waals surface area contributed by atoms with Gasteiger partial charge in [0.2, 0.25) is 0 Å².